The lowest BCUT2D eigenvalue weighted by Crippen LogP contribution is -2.63. The van der Waals surface area contributed by atoms with Gasteiger partial charge in [0.15, 0.2) is 32.3 Å². The van der Waals surface area contributed by atoms with E-state index >= 15 is 0 Å². The second-order valence-electron chi connectivity index (χ2n) is 6.93. The molecule has 2 aromatic rings. The van der Waals surface area contributed by atoms with Gasteiger partial charge in [-0.05, 0) is 37.3 Å². The van der Waals surface area contributed by atoms with Gasteiger partial charge >= 0.3 is 0 Å². The van der Waals surface area contributed by atoms with E-state index in [-0.39, 0.29) is 4.90 Å². The summed E-state index contributed by atoms with van der Waals surface area (Å²) in [6.07, 6.45) is 0.344. The van der Waals surface area contributed by atoms with Crippen LogP contribution in [0, 0.1) is 0 Å². The molecule has 0 radical (unpaired) electrons. The van der Waals surface area contributed by atoms with Crippen molar-refractivity contribution in [2.75, 3.05) is 7.11 Å². The minimum atomic E-state index is -3.93. The van der Waals surface area contributed by atoms with Crippen molar-refractivity contribution < 1.29 is 22.7 Å². The van der Waals surface area contributed by atoms with E-state index < -0.39 is 32.6 Å². The van der Waals surface area contributed by atoms with Gasteiger partial charge in [0, 0.05) is 22.9 Å². The lowest BCUT2D eigenvalue weighted by molar-refractivity contribution is -0.132. The largest absolute Gasteiger partial charge is 0.493 e. The number of amides is 1. The summed E-state index contributed by atoms with van der Waals surface area (Å²) in [7, 11) is -2.41. The predicted octanol–water partition coefficient (Wildman–Crippen LogP) is 2.90. The predicted molar refractivity (Wildman–Crippen MR) is 100.0 cm³/mol. The van der Waals surface area contributed by atoms with Crippen LogP contribution in [0.15, 0.2) is 47.4 Å². The maximum atomic E-state index is 13.3. The third-order valence-corrected chi connectivity index (χ3v) is 7.45. The number of sulfone groups is 1. The molecule has 8 heteroatoms. The first-order chi connectivity index (χ1) is 12.7. The van der Waals surface area contributed by atoms with Crippen molar-refractivity contribution in [1.82, 2.24) is 5.32 Å². The molecule has 0 aliphatic carbocycles. The van der Waals surface area contributed by atoms with E-state index in [1.807, 2.05) is 0 Å². The van der Waals surface area contributed by atoms with Crippen molar-refractivity contribution in [3.05, 3.63) is 53.1 Å². The molecule has 27 heavy (non-hydrogen) atoms. The number of benzene rings is 2. The van der Waals surface area contributed by atoms with Gasteiger partial charge in [-0.15, -0.1) is 0 Å². The number of carbonyl (C=O) groups excluding carboxylic acids is 1. The fourth-order valence-electron chi connectivity index (χ4n) is 3.88. The minimum absolute atomic E-state index is 0.0617. The van der Waals surface area contributed by atoms with E-state index in [4.69, 9.17) is 21.1 Å². The molecule has 2 aromatic carbocycles. The van der Waals surface area contributed by atoms with E-state index in [0.717, 1.165) is 0 Å². The molecule has 1 saturated heterocycles. The van der Waals surface area contributed by atoms with E-state index in [2.05, 4.69) is 5.32 Å². The maximum absolute atomic E-state index is 13.3. The number of para-hydroxylation sites is 1. The molecule has 0 aromatic heterocycles. The molecule has 2 bridgehead atoms. The SMILES string of the molecule is COc1cccc2c1O[C@@]1(C)C[C@H]2[C@H](S(=O)(=O)c2ccc(Cl)cc2)C(=O)N1. The summed E-state index contributed by atoms with van der Waals surface area (Å²) in [6.45, 7) is 1.73. The molecule has 1 fully saturated rings. The molecule has 6 nitrogen and oxygen atoms in total. The van der Waals surface area contributed by atoms with Crippen LogP contribution in [0.4, 0.5) is 0 Å². The molecule has 4 rings (SSSR count). The number of hydrogen-bond acceptors (Lipinski definition) is 5. The highest BCUT2D eigenvalue weighted by atomic mass is 35.5. The average molecular weight is 408 g/mol. The van der Waals surface area contributed by atoms with Crippen molar-refractivity contribution in [2.24, 2.45) is 0 Å². The van der Waals surface area contributed by atoms with Gasteiger partial charge in [-0.1, -0.05) is 23.7 Å². The highest BCUT2D eigenvalue weighted by Crippen LogP contribution is 2.50. The van der Waals surface area contributed by atoms with Gasteiger partial charge in [0.2, 0.25) is 5.91 Å². The molecular formula is C19H18ClNO5S. The standard InChI is InChI=1S/C19H18ClNO5S/c1-19-10-14(13-4-3-5-15(25-2)16(13)26-19)17(18(22)21-19)27(23,24)12-8-6-11(20)7-9-12/h3-9,14,17H,10H2,1-2H3,(H,21,22)/t14-,17+,19+/m1/s1. The van der Waals surface area contributed by atoms with Crippen LogP contribution in [-0.4, -0.2) is 32.4 Å². The Morgan fingerprint density at radius 2 is 1.93 bits per heavy atom. The second-order valence-corrected chi connectivity index (χ2v) is 9.44. The Labute approximate surface area is 162 Å². The van der Waals surface area contributed by atoms with E-state index in [1.54, 1.807) is 25.1 Å². The third kappa shape index (κ3) is 2.85. The minimum Gasteiger partial charge on any atom is -0.493 e. The average Bonchev–Trinajstić information content (AvgIpc) is 2.60. The Hall–Kier alpha value is -2.25. The molecule has 3 atom stereocenters. The molecule has 1 N–H and O–H groups in total. The highest BCUT2D eigenvalue weighted by molar-refractivity contribution is 7.92. The van der Waals surface area contributed by atoms with E-state index in [0.29, 0.717) is 28.5 Å². The molecule has 2 heterocycles. The van der Waals surface area contributed by atoms with Crippen LogP contribution in [0.2, 0.25) is 5.02 Å². The topological polar surface area (TPSA) is 81.7 Å². The van der Waals surface area contributed by atoms with E-state index in [9.17, 15) is 13.2 Å². The lowest BCUT2D eigenvalue weighted by atomic mass is 9.81. The Morgan fingerprint density at radius 3 is 2.59 bits per heavy atom. The Bertz CT molecular complexity index is 1020. The molecule has 0 saturated carbocycles. The quantitative estimate of drug-likeness (QED) is 0.846. The number of carbonyl (C=O) groups is 1. The summed E-state index contributed by atoms with van der Waals surface area (Å²) >= 11 is 5.87. The summed E-state index contributed by atoms with van der Waals surface area (Å²) in [5, 5.41) is 1.90. The van der Waals surface area contributed by atoms with Crippen molar-refractivity contribution in [1.29, 1.82) is 0 Å². The van der Waals surface area contributed by atoms with Gasteiger partial charge in [-0.2, -0.15) is 0 Å². The van der Waals surface area contributed by atoms with Gasteiger partial charge in [0.05, 0.1) is 12.0 Å². The number of nitrogens with one attached hydrogen (secondary N) is 1. The van der Waals surface area contributed by atoms with Gasteiger partial charge in [-0.25, -0.2) is 8.42 Å². The zero-order chi connectivity index (χ0) is 19.4. The normalized spacial score (nSPS) is 26.6. The molecule has 0 spiro atoms. The van der Waals surface area contributed by atoms with E-state index in [1.165, 1.54) is 31.4 Å². The van der Waals surface area contributed by atoms with Crippen molar-refractivity contribution >= 4 is 27.3 Å². The molecule has 0 unspecified atom stereocenters. The van der Waals surface area contributed by atoms with Gasteiger partial charge in [-0.3, -0.25) is 4.79 Å². The Morgan fingerprint density at radius 1 is 1.22 bits per heavy atom. The number of fused-ring (bicyclic) bond motifs is 4. The fourth-order valence-corrected chi connectivity index (χ4v) is 5.83. The molecule has 142 valence electrons. The number of hydrogen-bond donors (Lipinski definition) is 1. The molecule has 1 amide bonds. The van der Waals surface area contributed by atoms with Crippen LogP contribution < -0.4 is 14.8 Å². The molecule has 2 aliphatic heterocycles. The van der Waals surface area contributed by atoms with Gasteiger partial charge in [0.1, 0.15) is 0 Å². The number of ether oxygens (including phenoxy) is 2. The summed E-state index contributed by atoms with van der Waals surface area (Å²) in [4.78, 5) is 12.9. The lowest BCUT2D eigenvalue weighted by Gasteiger charge is -2.47. The van der Waals surface area contributed by atoms with Crippen LogP contribution in [-0.2, 0) is 14.6 Å². The number of methoxy groups -OCH3 is 1. The zero-order valence-corrected chi connectivity index (χ0v) is 16.3. The zero-order valence-electron chi connectivity index (χ0n) is 14.7. The van der Waals surface area contributed by atoms with Crippen molar-refractivity contribution in [3.8, 4) is 11.5 Å². The van der Waals surface area contributed by atoms with Crippen LogP contribution >= 0.6 is 11.6 Å². The fraction of sp³-hybridized carbons (Fsp3) is 0.316. The highest BCUT2D eigenvalue weighted by Gasteiger charge is 2.54. The van der Waals surface area contributed by atoms with Gasteiger partial charge < -0.3 is 14.8 Å². The summed E-state index contributed by atoms with van der Waals surface area (Å²) in [5.41, 5.74) is -0.334. The smallest absolute Gasteiger partial charge is 0.242 e. The van der Waals surface area contributed by atoms with Crippen LogP contribution in [0.25, 0.3) is 0 Å². The Kier molecular flexibility index (Phi) is 4.12. The number of piperidine rings is 1. The van der Waals surface area contributed by atoms with Crippen LogP contribution in [0.5, 0.6) is 11.5 Å². The maximum Gasteiger partial charge on any atom is 0.242 e. The Balaban J connectivity index is 1.87. The second kappa shape index (κ2) is 6.14. The molecular weight excluding hydrogens is 390 g/mol. The van der Waals surface area contributed by atoms with Crippen LogP contribution in [0.3, 0.4) is 0 Å². The van der Waals surface area contributed by atoms with Crippen LogP contribution in [0.1, 0.15) is 24.8 Å². The summed E-state index contributed by atoms with van der Waals surface area (Å²) in [6, 6.07) is 11.1. The third-order valence-electron chi connectivity index (χ3n) is 5.05. The monoisotopic (exact) mass is 407 g/mol. The summed E-state index contributed by atoms with van der Waals surface area (Å²) < 4.78 is 38.0. The van der Waals surface area contributed by atoms with Crippen molar-refractivity contribution in [2.45, 2.75) is 35.1 Å². The summed E-state index contributed by atoms with van der Waals surface area (Å²) in [5.74, 6) is -0.155. The van der Waals surface area contributed by atoms with Gasteiger partial charge in [0.25, 0.3) is 0 Å². The number of halogens is 1. The first-order valence-corrected chi connectivity index (χ1v) is 10.3. The first kappa shape index (κ1) is 18.1. The number of rotatable bonds is 3. The van der Waals surface area contributed by atoms with Crippen molar-refractivity contribution in [3.63, 3.8) is 0 Å². The first-order valence-electron chi connectivity index (χ1n) is 8.42. The molecule has 2 aliphatic rings.